The molecule has 0 amide bonds. The van der Waals surface area contributed by atoms with Gasteiger partial charge in [0.15, 0.2) is 0 Å². The molecule has 0 aliphatic heterocycles. The fourth-order valence-corrected chi connectivity index (χ4v) is 2.25. The van der Waals surface area contributed by atoms with Crippen LogP contribution >= 0.6 is 0 Å². The van der Waals surface area contributed by atoms with Crippen LogP contribution in [0.25, 0.3) is 0 Å². The fraction of sp³-hybridized carbons (Fsp3) is 0.538. The van der Waals surface area contributed by atoms with Gasteiger partial charge in [-0.1, -0.05) is 6.42 Å². The summed E-state index contributed by atoms with van der Waals surface area (Å²) in [5, 5.41) is 20.6. The Morgan fingerprint density at radius 1 is 1.39 bits per heavy atom. The molecular weight excluding hydrogens is 234 g/mol. The largest absolute Gasteiger partial charge is 0.487 e. The zero-order valence-corrected chi connectivity index (χ0v) is 10.3. The van der Waals surface area contributed by atoms with Crippen LogP contribution in [0.1, 0.15) is 31.2 Å². The lowest BCUT2D eigenvalue weighted by molar-refractivity contribution is -0.385. The first kappa shape index (κ1) is 12.8. The molecule has 1 saturated carbocycles. The number of aliphatic hydroxyl groups is 1. The van der Waals surface area contributed by atoms with Gasteiger partial charge in [-0.05, 0) is 38.3 Å². The van der Waals surface area contributed by atoms with Gasteiger partial charge in [-0.3, -0.25) is 10.1 Å². The van der Waals surface area contributed by atoms with Gasteiger partial charge in [0.1, 0.15) is 11.9 Å². The zero-order valence-electron chi connectivity index (χ0n) is 10.3. The molecule has 0 bridgehead atoms. The second-order valence-electron chi connectivity index (χ2n) is 4.71. The standard InChI is InChI=1S/C13H17NO4/c1-9-6-7-10(8-11(9)14(16)17)18-13-5-3-2-4-12(13)15/h6-8,12-13,15H,2-5H2,1H3/t12-,13-/m0/s1. The van der Waals surface area contributed by atoms with Gasteiger partial charge in [-0.25, -0.2) is 0 Å². The van der Waals surface area contributed by atoms with E-state index in [1.54, 1.807) is 19.1 Å². The predicted octanol–water partition coefficient (Wildman–Crippen LogP) is 2.59. The molecule has 1 aromatic carbocycles. The van der Waals surface area contributed by atoms with Crippen LogP contribution in [-0.2, 0) is 0 Å². The Kier molecular flexibility index (Phi) is 3.81. The van der Waals surface area contributed by atoms with E-state index in [0.29, 0.717) is 11.3 Å². The molecule has 5 heteroatoms. The minimum absolute atomic E-state index is 0.0535. The summed E-state index contributed by atoms with van der Waals surface area (Å²) in [4.78, 5) is 10.4. The third kappa shape index (κ3) is 2.79. The number of nitro benzene ring substituents is 1. The molecule has 0 heterocycles. The first-order valence-electron chi connectivity index (χ1n) is 6.17. The Hall–Kier alpha value is -1.62. The minimum Gasteiger partial charge on any atom is -0.487 e. The smallest absolute Gasteiger partial charge is 0.276 e. The van der Waals surface area contributed by atoms with E-state index in [4.69, 9.17) is 4.74 Å². The van der Waals surface area contributed by atoms with Crippen molar-refractivity contribution in [2.75, 3.05) is 0 Å². The zero-order chi connectivity index (χ0) is 13.1. The number of nitrogens with zero attached hydrogens (tertiary/aromatic N) is 1. The number of nitro groups is 1. The Morgan fingerprint density at radius 3 is 2.78 bits per heavy atom. The highest BCUT2D eigenvalue weighted by Crippen LogP contribution is 2.28. The molecule has 5 nitrogen and oxygen atoms in total. The molecule has 1 aliphatic rings. The SMILES string of the molecule is Cc1ccc(O[C@H]2CCCC[C@@H]2O)cc1[N+](=O)[O-]. The monoisotopic (exact) mass is 251 g/mol. The summed E-state index contributed by atoms with van der Waals surface area (Å²) >= 11 is 0. The topological polar surface area (TPSA) is 72.6 Å². The lowest BCUT2D eigenvalue weighted by Crippen LogP contribution is -2.34. The van der Waals surface area contributed by atoms with Gasteiger partial charge in [0, 0.05) is 5.56 Å². The van der Waals surface area contributed by atoms with Crippen LogP contribution in [0.5, 0.6) is 5.75 Å². The van der Waals surface area contributed by atoms with Crippen LogP contribution in [-0.4, -0.2) is 22.2 Å². The van der Waals surface area contributed by atoms with Crippen molar-refractivity contribution in [3.05, 3.63) is 33.9 Å². The van der Waals surface area contributed by atoms with Crippen molar-refractivity contribution in [1.29, 1.82) is 0 Å². The molecule has 0 aromatic heterocycles. The van der Waals surface area contributed by atoms with E-state index >= 15 is 0 Å². The van der Waals surface area contributed by atoms with Gasteiger partial charge < -0.3 is 9.84 Å². The highest BCUT2D eigenvalue weighted by atomic mass is 16.6. The van der Waals surface area contributed by atoms with Crippen molar-refractivity contribution in [2.45, 2.75) is 44.8 Å². The molecule has 0 spiro atoms. The van der Waals surface area contributed by atoms with Crippen LogP contribution in [0.4, 0.5) is 5.69 Å². The van der Waals surface area contributed by atoms with E-state index < -0.39 is 11.0 Å². The molecule has 2 rings (SSSR count). The molecular formula is C13H17NO4. The first-order valence-corrected chi connectivity index (χ1v) is 6.17. The molecule has 1 aromatic rings. The molecule has 18 heavy (non-hydrogen) atoms. The molecule has 0 radical (unpaired) electrons. The lowest BCUT2D eigenvalue weighted by Gasteiger charge is -2.28. The van der Waals surface area contributed by atoms with E-state index in [2.05, 4.69) is 0 Å². The van der Waals surface area contributed by atoms with Crippen molar-refractivity contribution in [1.82, 2.24) is 0 Å². The van der Waals surface area contributed by atoms with E-state index in [-0.39, 0.29) is 11.8 Å². The summed E-state index contributed by atoms with van der Waals surface area (Å²) in [5.74, 6) is 0.457. The quantitative estimate of drug-likeness (QED) is 0.662. The van der Waals surface area contributed by atoms with Crippen molar-refractivity contribution >= 4 is 5.69 Å². The second kappa shape index (κ2) is 5.35. The van der Waals surface area contributed by atoms with Gasteiger partial charge in [-0.15, -0.1) is 0 Å². The number of benzene rings is 1. The van der Waals surface area contributed by atoms with Crippen molar-refractivity contribution < 1.29 is 14.8 Å². The summed E-state index contributed by atoms with van der Waals surface area (Å²) in [6, 6.07) is 4.81. The van der Waals surface area contributed by atoms with Gasteiger partial charge in [0.05, 0.1) is 17.1 Å². The Bertz CT molecular complexity index is 447. The van der Waals surface area contributed by atoms with Gasteiger partial charge in [0.2, 0.25) is 0 Å². The molecule has 0 saturated heterocycles. The Morgan fingerprint density at radius 2 is 2.11 bits per heavy atom. The van der Waals surface area contributed by atoms with Crippen molar-refractivity contribution in [3.63, 3.8) is 0 Å². The van der Waals surface area contributed by atoms with Gasteiger partial charge in [0.25, 0.3) is 5.69 Å². The normalized spacial score (nSPS) is 23.7. The van der Waals surface area contributed by atoms with Crippen LogP contribution in [0.3, 0.4) is 0 Å². The molecule has 1 N–H and O–H groups in total. The Labute approximate surface area is 106 Å². The average molecular weight is 251 g/mol. The summed E-state index contributed by atoms with van der Waals surface area (Å²) in [7, 11) is 0. The minimum atomic E-state index is -0.473. The summed E-state index contributed by atoms with van der Waals surface area (Å²) in [6.07, 6.45) is 2.84. The van der Waals surface area contributed by atoms with Crippen LogP contribution in [0.2, 0.25) is 0 Å². The third-order valence-corrected chi connectivity index (χ3v) is 3.33. The number of rotatable bonds is 3. The number of hydrogen-bond acceptors (Lipinski definition) is 4. The summed E-state index contributed by atoms with van der Waals surface area (Å²) in [6.45, 7) is 1.69. The van der Waals surface area contributed by atoms with E-state index in [9.17, 15) is 15.2 Å². The highest BCUT2D eigenvalue weighted by Gasteiger charge is 2.25. The Balaban J connectivity index is 2.14. The maximum atomic E-state index is 10.8. The molecule has 1 aliphatic carbocycles. The molecule has 2 atom stereocenters. The second-order valence-corrected chi connectivity index (χ2v) is 4.71. The van der Waals surface area contributed by atoms with E-state index in [0.717, 1.165) is 25.7 Å². The maximum Gasteiger partial charge on any atom is 0.276 e. The number of hydrogen-bond donors (Lipinski definition) is 1. The third-order valence-electron chi connectivity index (χ3n) is 3.33. The van der Waals surface area contributed by atoms with Crippen molar-refractivity contribution in [3.8, 4) is 5.75 Å². The summed E-state index contributed by atoms with van der Waals surface area (Å²) in [5.41, 5.74) is 0.661. The van der Waals surface area contributed by atoms with E-state index in [1.807, 2.05) is 0 Å². The maximum absolute atomic E-state index is 10.8. The van der Waals surface area contributed by atoms with Gasteiger partial charge >= 0.3 is 0 Å². The lowest BCUT2D eigenvalue weighted by atomic mass is 9.95. The van der Waals surface area contributed by atoms with Crippen LogP contribution < -0.4 is 4.74 Å². The average Bonchev–Trinajstić information content (AvgIpc) is 2.34. The summed E-state index contributed by atoms with van der Waals surface area (Å²) < 4.78 is 5.66. The van der Waals surface area contributed by atoms with Crippen LogP contribution in [0, 0.1) is 17.0 Å². The molecule has 98 valence electrons. The van der Waals surface area contributed by atoms with Gasteiger partial charge in [-0.2, -0.15) is 0 Å². The number of aliphatic hydroxyl groups excluding tert-OH is 1. The highest BCUT2D eigenvalue weighted by molar-refractivity contribution is 5.45. The predicted molar refractivity (Wildman–Crippen MR) is 66.7 cm³/mol. The first-order chi connectivity index (χ1) is 8.58. The van der Waals surface area contributed by atoms with Crippen molar-refractivity contribution in [2.24, 2.45) is 0 Å². The molecule has 0 unspecified atom stereocenters. The molecule has 1 fully saturated rings. The van der Waals surface area contributed by atoms with E-state index in [1.165, 1.54) is 6.07 Å². The fourth-order valence-electron chi connectivity index (χ4n) is 2.25. The number of aryl methyl sites for hydroxylation is 1. The number of ether oxygens (including phenoxy) is 1. The van der Waals surface area contributed by atoms with Crippen LogP contribution in [0.15, 0.2) is 18.2 Å².